The van der Waals surface area contributed by atoms with Crippen molar-refractivity contribution < 1.29 is 9.53 Å². The number of hydrogen-bond donors (Lipinski definition) is 1. The highest BCUT2D eigenvalue weighted by molar-refractivity contribution is 6.31. The van der Waals surface area contributed by atoms with Gasteiger partial charge < -0.3 is 4.74 Å². The molecule has 0 saturated heterocycles. The van der Waals surface area contributed by atoms with Crippen LogP contribution in [0.3, 0.4) is 0 Å². The number of rotatable bonds is 4. The molecule has 0 bridgehead atoms. The zero-order valence-electron chi connectivity index (χ0n) is 11.4. The van der Waals surface area contributed by atoms with Gasteiger partial charge in [0.15, 0.2) is 5.69 Å². The quantitative estimate of drug-likeness (QED) is 0.721. The third-order valence-electron chi connectivity index (χ3n) is 2.83. The number of ether oxygens (including phenoxy) is 1. The highest BCUT2D eigenvalue weighted by atomic mass is 35.5. The molecule has 0 atom stereocenters. The standard InChI is InChI=1S/C12H10ClN7O2/c1-2-22-12(21)11-10(15-18-16-11)8-5-7(13)3-4-9(8)20-6-14-17-19-20/h3-6H,2H2,1H3,(H,15,16,18). The summed E-state index contributed by atoms with van der Waals surface area (Å²) in [7, 11) is 0. The molecular formula is C12H10ClN7O2. The van der Waals surface area contributed by atoms with Gasteiger partial charge in [0.2, 0.25) is 0 Å². The first-order valence-electron chi connectivity index (χ1n) is 6.32. The normalized spacial score (nSPS) is 10.6. The van der Waals surface area contributed by atoms with Crippen molar-refractivity contribution in [1.29, 1.82) is 0 Å². The molecule has 22 heavy (non-hydrogen) atoms. The smallest absolute Gasteiger partial charge is 0.361 e. The van der Waals surface area contributed by atoms with Crippen LogP contribution >= 0.6 is 11.6 Å². The topological polar surface area (TPSA) is 111 Å². The Morgan fingerprint density at radius 3 is 3.00 bits per heavy atom. The van der Waals surface area contributed by atoms with Gasteiger partial charge in [0, 0.05) is 10.6 Å². The van der Waals surface area contributed by atoms with Crippen LogP contribution in [0.15, 0.2) is 24.5 Å². The lowest BCUT2D eigenvalue weighted by Gasteiger charge is -2.08. The number of hydrogen-bond acceptors (Lipinski definition) is 7. The summed E-state index contributed by atoms with van der Waals surface area (Å²) in [6.45, 7) is 1.95. The lowest BCUT2D eigenvalue weighted by atomic mass is 10.1. The van der Waals surface area contributed by atoms with Gasteiger partial charge >= 0.3 is 5.97 Å². The molecule has 3 aromatic rings. The predicted molar refractivity (Wildman–Crippen MR) is 75.5 cm³/mol. The molecule has 0 amide bonds. The van der Waals surface area contributed by atoms with Crippen molar-refractivity contribution in [2.75, 3.05) is 6.61 Å². The van der Waals surface area contributed by atoms with Crippen LogP contribution in [-0.4, -0.2) is 48.2 Å². The van der Waals surface area contributed by atoms with Gasteiger partial charge in [0.05, 0.1) is 12.3 Å². The molecule has 0 aliphatic heterocycles. The van der Waals surface area contributed by atoms with Crippen molar-refractivity contribution in [2.24, 2.45) is 0 Å². The van der Waals surface area contributed by atoms with E-state index in [1.165, 1.54) is 11.0 Å². The number of nitrogens with one attached hydrogen (secondary N) is 1. The Morgan fingerprint density at radius 1 is 1.41 bits per heavy atom. The van der Waals surface area contributed by atoms with Crippen LogP contribution in [0.1, 0.15) is 17.4 Å². The summed E-state index contributed by atoms with van der Waals surface area (Å²) in [5, 5.41) is 21.8. The van der Waals surface area contributed by atoms with E-state index in [2.05, 4.69) is 30.9 Å². The van der Waals surface area contributed by atoms with Crippen molar-refractivity contribution in [3.63, 3.8) is 0 Å². The van der Waals surface area contributed by atoms with Gasteiger partial charge in [-0.15, -0.1) is 10.2 Å². The van der Waals surface area contributed by atoms with E-state index in [0.29, 0.717) is 22.0 Å². The molecule has 2 aromatic heterocycles. The summed E-state index contributed by atoms with van der Waals surface area (Å²) < 4.78 is 6.41. The minimum absolute atomic E-state index is 0.0680. The summed E-state index contributed by atoms with van der Waals surface area (Å²) in [4.78, 5) is 12.0. The number of nitrogens with zero attached hydrogens (tertiary/aromatic N) is 6. The highest BCUT2D eigenvalue weighted by Gasteiger charge is 2.22. The van der Waals surface area contributed by atoms with E-state index in [9.17, 15) is 4.79 Å². The average Bonchev–Trinajstić information content (AvgIpc) is 3.19. The van der Waals surface area contributed by atoms with Crippen LogP contribution < -0.4 is 0 Å². The fourth-order valence-electron chi connectivity index (χ4n) is 1.93. The van der Waals surface area contributed by atoms with Gasteiger partial charge in [-0.2, -0.15) is 15.0 Å². The second-order valence-corrected chi connectivity index (χ2v) is 4.59. The van der Waals surface area contributed by atoms with Crippen molar-refractivity contribution in [2.45, 2.75) is 6.92 Å². The maximum absolute atomic E-state index is 12.0. The summed E-state index contributed by atoms with van der Waals surface area (Å²) in [5.74, 6) is -0.575. The second-order valence-electron chi connectivity index (χ2n) is 4.16. The lowest BCUT2D eigenvalue weighted by Crippen LogP contribution is -2.08. The number of benzene rings is 1. The molecule has 0 spiro atoms. The zero-order chi connectivity index (χ0) is 15.5. The molecule has 2 heterocycles. The molecule has 112 valence electrons. The van der Waals surface area contributed by atoms with Crippen LogP contribution in [-0.2, 0) is 4.74 Å². The Morgan fingerprint density at radius 2 is 2.27 bits per heavy atom. The summed E-state index contributed by atoms with van der Waals surface area (Å²) in [6.07, 6.45) is 1.43. The average molecular weight is 320 g/mol. The minimum atomic E-state index is -0.575. The number of carbonyl (C=O) groups excluding carboxylic acids is 1. The predicted octanol–water partition coefficient (Wildman–Crippen LogP) is 1.28. The van der Waals surface area contributed by atoms with Gasteiger partial charge in [-0.25, -0.2) is 4.79 Å². The molecule has 0 aliphatic rings. The van der Waals surface area contributed by atoms with E-state index >= 15 is 0 Å². The van der Waals surface area contributed by atoms with Gasteiger partial charge in [0.25, 0.3) is 0 Å². The fraction of sp³-hybridized carbons (Fsp3) is 0.167. The summed E-state index contributed by atoms with van der Waals surface area (Å²) >= 11 is 6.05. The first-order valence-corrected chi connectivity index (χ1v) is 6.69. The first kappa shape index (κ1) is 14.1. The number of halogens is 1. The Bertz CT molecular complexity index is 800. The Labute approximate surface area is 129 Å². The molecule has 0 saturated carbocycles. The third kappa shape index (κ3) is 2.53. The Kier molecular flexibility index (Phi) is 3.79. The molecule has 0 radical (unpaired) electrons. The SMILES string of the molecule is CCOC(=O)c1n[nH]nc1-c1cc(Cl)ccc1-n1cnnn1. The number of H-pyrrole nitrogens is 1. The van der Waals surface area contributed by atoms with Gasteiger partial charge in [0.1, 0.15) is 12.0 Å². The number of carbonyl (C=O) groups is 1. The molecule has 0 unspecified atom stereocenters. The maximum Gasteiger partial charge on any atom is 0.361 e. The largest absolute Gasteiger partial charge is 0.461 e. The van der Waals surface area contributed by atoms with E-state index in [-0.39, 0.29) is 12.3 Å². The number of esters is 1. The van der Waals surface area contributed by atoms with Crippen molar-refractivity contribution in [3.05, 3.63) is 35.2 Å². The highest BCUT2D eigenvalue weighted by Crippen LogP contribution is 2.29. The number of aromatic nitrogens is 7. The first-order chi connectivity index (χ1) is 10.7. The van der Waals surface area contributed by atoms with Crippen LogP contribution in [0, 0.1) is 0 Å². The fourth-order valence-corrected chi connectivity index (χ4v) is 2.10. The third-order valence-corrected chi connectivity index (χ3v) is 3.06. The van der Waals surface area contributed by atoms with E-state index in [1.807, 2.05) is 0 Å². The van der Waals surface area contributed by atoms with Crippen LogP contribution in [0.2, 0.25) is 5.02 Å². The van der Waals surface area contributed by atoms with Gasteiger partial charge in [-0.3, -0.25) is 0 Å². The van der Waals surface area contributed by atoms with Crippen molar-refractivity contribution in [1.82, 2.24) is 35.6 Å². The lowest BCUT2D eigenvalue weighted by molar-refractivity contribution is 0.0520. The van der Waals surface area contributed by atoms with E-state index < -0.39 is 5.97 Å². The van der Waals surface area contributed by atoms with E-state index in [4.69, 9.17) is 16.3 Å². The van der Waals surface area contributed by atoms with E-state index in [1.54, 1.807) is 25.1 Å². The maximum atomic E-state index is 12.0. The molecular weight excluding hydrogens is 310 g/mol. The van der Waals surface area contributed by atoms with Crippen LogP contribution in [0.4, 0.5) is 0 Å². The molecule has 0 aliphatic carbocycles. The van der Waals surface area contributed by atoms with Crippen LogP contribution in [0.5, 0.6) is 0 Å². The Hall–Kier alpha value is -2.81. The minimum Gasteiger partial charge on any atom is -0.461 e. The molecule has 1 N–H and O–H groups in total. The molecule has 1 aromatic carbocycles. The Balaban J connectivity index is 2.15. The monoisotopic (exact) mass is 319 g/mol. The van der Waals surface area contributed by atoms with Crippen LogP contribution in [0.25, 0.3) is 16.9 Å². The summed E-state index contributed by atoms with van der Waals surface area (Å²) in [6, 6.07) is 5.06. The summed E-state index contributed by atoms with van der Waals surface area (Å²) in [5.41, 5.74) is 1.54. The van der Waals surface area contributed by atoms with Gasteiger partial charge in [-0.05, 0) is 35.5 Å². The number of tetrazole rings is 1. The zero-order valence-corrected chi connectivity index (χ0v) is 12.2. The van der Waals surface area contributed by atoms with Crippen molar-refractivity contribution in [3.8, 4) is 16.9 Å². The molecule has 9 nitrogen and oxygen atoms in total. The van der Waals surface area contributed by atoms with Crippen molar-refractivity contribution >= 4 is 17.6 Å². The molecule has 0 fully saturated rings. The molecule has 3 rings (SSSR count). The second kappa shape index (κ2) is 5.90. The molecule has 10 heteroatoms. The number of aromatic amines is 1. The van der Waals surface area contributed by atoms with Gasteiger partial charge in [-0.1, -0.05) is 11.6 Å². The van der Waals surface area contributed by atoms with E-state index in [0.717, 1.165) is 0 Å².